The van der Waals surface area contributed by atoms with Crippen LogP contribution in [0, 0.1) is 6.92 Å². The van der Waals surface area contributed by atoms with Crippen LogP contribution in [0.4, 0.5) is 21.4 Å². The summed E-state index contributed by atoms with van der Waals surface area (Å²) in [5.41, 5.74) is 8.03. The van der Waals surface area contributed by atoms with E-state index < -0.39 is 11.5 Å². The van der Waals surface area contributed by atoms with Gasteiger partial charge >= 0.3 is 11.7 Å². The van der Waals surface area contributed by atoms with Crippen molar-refractivity contribution in [3.05, 3.63) is 63.5 Å². The van der Waals surface area contributed by atoms with Crippen LogP contribution in [0.3, 0.4) is 0 Å². The zero-order valence-corrected chi connectivity index (χ0v) is 19.1. The number of nitrogens with one attached hydrogen (secondary N) is 3. The van der Waals surface area contributed by atoms with E-state index in [4.69, 9.17) is 10.2 Å². The first-order valence-electron chi connectivity index (χ1n) is 9.57. The number of nitrogens with zero attached hydrogens (tertiary/aromatic N) is 2. The van der Waals surface area contributed by atoms with Crippen LogP contribution < -0.4 is 27.3 Å². The van der Waals surface area contributed by atoms with Crippen molar-refractivity contribution >= 4 is 51.2 Å². The maximum Gasteiger partial charge on any atom is 0.336 e. The number of benzene rings is 1. The number of nitrogens with two attached hydrogens (primary N) is 1. The Hall–Kier alpha value is -4.03. The molecule has 4 aromatic rings. The third kappa shape index (κ3) is 5.07. The second-order valence-corrected chi connectivity index (χ2v) is 8.69. The van der Waals surface area contributed by atoms with Gasteiger partial charge in [0.1, 0.15) is 15.7 Å². The normalized spacial score (nSPS) is 10.6. The molecule has 1 aromatic carbocycles. The molecule has 10 nitrogen and oxygen atoms in total. The number of amides is 3. The molecule has 0 fully saturated rings. The lowest BCUT2D eigenvalue weighted by molar-refractivity contribution is 0.0992. The standard InChI is InChI=1S/C21H18N6O4S2/c1-10-6-14(31-15(28)7-10)18(29)24-12-5-3-4-11(8-12)13-9-32-19(25-13)16-17(22)26-21(33-16)27-20(30)23-2/h3-9H,22H2,1-2H3,(H,24,29)(H2,23,26,27,30). The van der Waals surface area contributed by atoms with Crippen LogP contribution in [0.1, 0.15) is 16.1 Å². The minimum Gasteiger partial charge on any atom is -0.417 e. The van der Waals surface area contributed by atoms with E-state index in [-0.39, 0.29) is 17.6 Å². The van der Waals surface area contributed by atoms with E-state index in [0.29, 0.717) is 32.0 Å². The third-order valence-corrected chi connectivity index (χ3v) is 6.34. The molecule has 33 heavy (non-hydrogen) atoms. The van der Waals surface area contributed by atoms with Crippen LogP contribution in [-0.2, 0) is 0 Å². The molecule has 0 spiro atoms. The minimum absolute atomic E-state index is 0.0665. The number of carbonyl (C=O) groups excluding carboxylic acids is 2. The molecule has 12 heteroatoms. The Balaban J connectivity index is 1.55. The van der Waals surface area contributed by atoms with Crippen molar-refractivity contribution in [1.29, 1.82) is 0 Å². The quantitative estimate of drug-likeness (QED) is 0.338. The lowest BCUT2D eigenvalue weighted by atomic mass is 10.1. The van der Waals surface area contributed by atoms with Crippen LogP contribution in [-0.4, -0.2) is 29.0 Å². The Morgan fingerprint density at radius 1 is 1.12 bits per heavy atom. The predicted octanol–water partition coefficient (Wildman–Crippen LogP) is 3.78. The summed E-state index contributed by atoms with van der Waals surface area (Å²) in [6.45, 7) is 1.71. The summed E-state index contributed by atoms with van der Waals surface area (Å²) in [5.74, 6) is -0.323. The number of urea groups is 1. The summed E-state index contributed by atoms with van der Waals surface area (Å²) in [6, 6.07) is 9.54. The number of hydrogen-bond donors (Lipinski definition) is 4. The van der Waals surface area contributed by atoms with Gasteiger partial charge in [0.05, 0.1) is 5.69 Å². The molecule has 0 radical (unpaired) electrons. The largest absolute Gasteiger partial charge is 0.417 e. The van der Waals surface area contributed by atoms with Crippen molar-refractivity contribution in [2.75, 3.05) is 23.4 Å². The average molecular weight is 483 g/mol. The molecular weight excluding hydrogens is 464 g/mol. The highest BCUT2D eigenvalue weighted by molar-refractivity contribution is 7.23. The van der Waals surface area contributed by atoms with Gasteiger partial charge in [-0.15, -0.1) is 11.3 Å². The average Bonchev–Trinajstić information content (AvgIpc) is 3.39. The molecular formula is C21H18N6O4S2. The summed E-state index contributed by atoms with van der Waals surface area (Å²) in [6.07, 6.45) is 0. The Bertz CT molecular complexity index is 1410. The van der Waals surface area contributed by atoms with Crippen molar-refractivity contribution in [3.8, 4) is 21.1 Å². The molecule has 0 unspecified atom stereocenters. The van der Waals surface area contributed by atoms with Gasteiger partial charge in [-0.1, -0.05) is 23.5 Å². The molecule has 0 saturated carbocycles. The number of nitrogen functional groups attached to an aromatic ring is 1. The van der Waals surface area contributed by atoms with Gasteiger partial charge in [-0.2, -0.15) is 0 Å². The van der Waals surface area contributed by atoms with Crippen molar-refractivity contribution in [3.63, 3.8) is 0 Å². The molecule has 0 aliphatic rings. The molecule has 3 heterocycles. The number of hydrogen-bond acceptors (Lipinski definition) is 9. The number of thiazole rings is 2. The van der Waals surface area contributed by atoms with Crippen LogP contribution in [0.2, 0.25) is 0 Å². The van der Waals surface area contributed by atoms with E-state index in [2.05, 4.69) is 25.9 Å². The molecule has 0 bridgehead atoms. The molecule has 0 saturated heterocycles. The fourth-order valence-electron chi connectivity index (χ4n) is 2.87. The summed E-state index contributed by atoms with van der Waals surface area (Å²) in [4.78, 5) is 45.0. The first-order valence-corrected chi connectivity index (χ1v) is 11.3. The second kappa shape index (κ2) is 9.22. The lowest BCUT2D eigenvalue weighted by Gasteiger charge is -2.06. The van der Waals surface area contributed by atoms with Gasteiger partial charge in [0.25, 0.3) is 5.91 Å². The van der Waals surface area contributed by atoms with E-state index in [0.717, 1.165) is 5.56 Å². The lowest BCUT2D eigenvalue weighted by Crippen LogP contribution is -2.24. The smallest absolute Gasteiger partial charge is 0.336 e. The van der Waals surface area contributed by atoms with Gasteiger partial charge < -0.3 is 20.8 Å². The SMILES string of the molecule is CNC(=O)Nc1nc(N)c(-c2nc(-c3cccc(NC(=O)c4cc(C)cc(=O)o4)c3)cs2)s1. The summed E-state index contributed by atoms with van der Waals surface area (Å²) >= 11 is 2.61. The zero-order valence-electron chi connectivity index (χ0n) is 17.5. The highest BCUT2D eigenvalue weighted by atomic mass is 32.1. The van der Waals surface area contributed by atoms with E-state index in [1.165, 1.54) is 41.9 Å². The number of aryl methyl sites for hydroxylation is 1. The minimum atomic E-state index is -0.583. The van der Waals surface area contributed by atoms with E-state index >= 15 is 0 Å². The van der Waals surface area contributed by atoms with Crippen molar-refractivity contribution < 1.29 is 14.0 Å². The summed E-state index contributed by atoms with van der Waals surface area (Å²) in [5, 5.41) is 10.7. The Labute approximate surface area is 195 Å². The number of aromatic nitrogens is 2. The number of rotatable bonds is 5. The van der Waals surface area contributed by atoms with Gasteiger partial charge in [0, 0.05) is 29.7 Å². The van der Waals surface area contributed by atoms with E-state index in [1.54, 1.807) is 25.1 Å². The van der Waals surface area contributed by atoms with Gasteiger partial charge in [-0.25, -0.2) is 19.6 Å². The maximum absolute atomic E-state index is 12.5. The molecule has 168 valence electrons. The highest BCUT2D eigenvalue weighted by Crippen LogP contribution is 2.38. The van der Waals surface area contributed by atoms with Gasteiger partial charge in [-0.3, -0.25) is 10.1 Å². The number of carbonyl (C=O) groups is 2. The highest BCUT2D eigenvalue weighted by Gasteiger charge is 2.17. The molecule has 0 aliphatic carbocycles. The zero-order chi connectivity index (χ0) is 23.5. The van der Waals surface area contributed by atoms with E-state index in [9.17, 15) is 14.4 Å². The predicted molar refractivity (Wildman–Crippen MR) is 129 cm³/mol. The molecule has 3 aromatic heterocycles. The first-order chi connectivity index (χ1) is 15.8. The molecule has 0 atom stereocenters. The van der Waals surface area contributed by atoms with Crippen LogP contribution in [0.5, 0.6) is 0 Å². The van der Waals surface area contributed by atoms with Crippen LogP contribution >= 0.6 is 22.7 Å². The van der Waals surface area contributed by atoms with Crippen LogP contribution in [0.15, 0.2) is 51.0 Å². The topological polar surface area (TPSA) is 152 Å². The van der Waals surface area contributed by atoms with Gasteiger partial charge in [0.15, 0.2) is 10.9 Å². The fraction of sp³-hybridized carbons (Fsp3) is 0.0952. The van der Waals surface area contributed by atoms with Crippen molar-refractivity contribution in [2.24, 2.45) is 0 Å². The van der Waals surface area contributed by atoms with Gasteiger partial charge in [0.2, 0.25) is 0 Å². The Kier molecular flexibility index (Phi) is 6.20. The first kappa shape index (κ1) is 22.2. The number of anilines is 3. The van der Waals surface area contributed by atoms with E-state index in [1.807, 2.05) is 11.4 Å². The van der Waals surface area contributed by atoms with Crippen molar-refractivity contribution in [1.82, 2.24) is 15.3 Å². The monoisotopic (exact) mass is 482 g/mol. The third-order valence-electron chi connectivity index (χ3n) is 4.35. The fourth-order valence-corrected chi connectivity index (χ4v) is 4.68. The van der Waals surface area contributed by atoms with Crippen LogP contribution in [0.25, 0.3) is 21.1 Å². The second-order valence-electron chi connectivity index (χ2n) is 6.83. The summed E-state index contributed by atoms with van der Waals surface area (Å²) in [7, 11) is 1.51. The molecule has 3 amide bonds. The molecule has 4 rings (SSSR count). The van der Waals surface area contributed by atoms with Gasteiger partial charge in [-0.05, 0) is 30.7 Å². The Morgan fingerprint density at radius 2 is 1.94 bits per heavy atom. The molecule has 0 aliphatic heterocycles. The maximum atomic E-state index is 12.5. The Morgan fingerprint density at radius 3 is 2.70 bits per heavy atom. The summed E-state index contributed by atoms with van der Waals surface area (Å²) < 4.78 is 4.98. The molecule has 5 N–H and O–H groups in total. The van der Waals surface area contributed by atoms with Crippen molar-refractivity contribution in [2.45, 2.75) is 6.92 Å².